The van der Waals surface area contributed by atoms with Crippen LogP contribution in [-0.4, -0.2) is 30.6 Å². The molecule has 132 valence electrons. The second-order valence-electron chi connectivity index (χ2n) is 7.04. The lowest BCUT2D eigenvalue weighted by atomic mass is 9.80. The first-order chi connectivity index (χ1) is 11.9. The van der Waals surface area contributed by atoms with E-state index < -0.39 is 23.7 Å². The highest BCUT2D eigenvalue weighted by Gasteiger charge is 2.64. The van der Waals surface area contributed by atoms with Gasteiger partial charge in [-0.05, 0) is 43.4 Å². The summed E-state index contributed by atoms with van der Waals surface area (Å²) in [4.78, 5) is 36.4. The molecule has 2 aliphatic carbocycles. The molecule has 2 bridgehead atoms. The number of esters is 2. The van der Waals surface area contributed by atoms with Gasteiger partial charge in [0, 0.05) is 16.6 Å². The van der Waals surface area contributed by atoms with Crippen molar-refractivity contribution in [2.24, 2.45) is 23.7 Å². The fraction of sp³-hybridized carbons (Fsp3) is 0.500. The molecule has 4 rings (SSSR count). The number of rotatable bonds is 4. The summed E-state index contributed by atoms with van der Waals surface area (Å²) < 4.78 is 10.5. The van der Waals surface area contributed by atoms with Gasteiger partial charge in [-0.15, -0.1) is 0 Å². The number of aryl methyl sites for hydroxylation is 1. The average molecular weight is 364 g/mol. The Labute approximate surface area is 149 Å². The Hall–Kier alpha value is -2.08. The molecule has 1 aromatic rings. The third-order valence-electron chi connectivity index (χ3n) is 5.57. The van der Waals surface area contributed by atoms with Crippen LogP contribution in [0.5, 0.6) is 0 Å². The van der Waals surface area contributed by atoms with E-state index in [0.717, 1.165) is 18.4 Å². The molecule has 3 aliphatic rings. The standard InChI is InChI=1S/C18H18ClNO5/c1-8-2-3-10(19)6-12(8)20-14(21)7-24-17(22)15-9-4-11-13(5-9)25-18(23)16(11)15/h2-3,6,9,11,13,15-16H,4-5,7H2,1H3,(H,20,21)/t9-,11+,13+,15-,16+/m1/s1. The highest BCUT2D eigenvalue weighted by atomic mass is 35.5. The monoisotopic (exact) mass is 363 g/mol. The van der Waals surface area contributed by atoms with Crippen molar-refractivity contribution in [3.63, 3.8) is 0 Å². The molecule has 1 amide bonds. The van der Waals surface area contributed by atoms with Crippen LogP contribution >= 0.6 is 11.6 Å². The van der Waals surface area contributed by atoms with Gasteiger partial charge in [0.1, 0.15) is 6.10 Å². The van der Waals surface area contributed by atoms with E-state index in [9.17, 15) is 14.4 Å². The van der Waals surface area contributed by atoms with Crippen molar-refractivity contribution in [3.05, 3.63) is 28.8 Å². The molecular weight excluding hydrogens is 346 g/mol. The van der Waals surface area contributed by atoms with Gasteiger partial charge in [-0.1, -0.05) is 17.7 Å². The van der Waals surface area contributed by atoms with E-state index in [4.69, 9.17) is 21.1 Å². The zero-order valence-corrected chi connectivity index (χ0v) is 14.4. The molecule has 0 radical (unpaired) electrons. The SMILES string of the molecule is Cc1ccc(Cl)cc1NC(=O)COC(=O)[C@@H]1[C@@H]2C[C@@H]3[C@@H]1C(=O)O[C@H]3C2. The van der Waals surface area contributed by atoms with Gasteiger partial charge in [-0.2, -0.15) is 0 Å². The molecule has 1 heterocycles. The first-order valence-electron chi connectivity index (χ1n) is 8.37. The molecule has 1 aromatic carbocycles. The van der Waals surface area contributed by atoms with Crippen LogP contribution in [0, 0.1) is 30.6 Å². The summed E-state index contributed by atoms with van der Waals surface area (Å²) in [5, 5.41) is 3.19. The van der Waals surface area contributed by atoms with Gasteiger partial charge < -0.3 is 14.8 Å². The van der Waals surface area contributed by atoms with E-state index >= 15 is 0 Å². The fourth-order valence-corrected chi connectivity index (χ4v) is 4.65. The minimum Gasteiger partial charge on any atom is -0.462 e. The minimum absolute atomic E-state index is 0.0272. The van der Waals surface area contributed by atoms with Gasteiger partial charge in [0.25, 0.3) is 5.91 Å². The van der Waals surface area contributed by atoms with Crippen molar-refractivity contribution in [2.75, 3.05) is 11.9 Å². The molecular formula is C18H18ClNO5. The number of anilines is 1. The molecule has 2 saturated carbocycles. The second kappa shape index (κ2) is 6.02. The highest BCUT2D eigenvalue weighted by Crippen LogP contribution is 2.57. The number of benzene rings is 1. The summed E-state index contributed by atoms with van der Waals surface area (Å²) in [5.74, 6) is -1.82. The number of nitrogens with one attached hydrogen (secondary N) is 1. The van der Waals surface area contributed by atoms with E-state index in [0.29, 0.717) is 10.7 Å². The van der Waals surface area contributed by atoms with Crippen LogP contribution in [0.3, 0.4) is 0 Å². The van der Waals surface area contributed by atoms with Crippen LogP contribution in [-0.2, 0) is 23.9 Å². The van der Waals surface area contributed by atoms with Crippen LogP contribution in [0.1, 0.15) is 18.4 Å². The smallest absolute Gasteiger partial charge is 0.310 e. The zero-order valence-electron chi connectivity index (χ0n) is 13.7. The van der Waals surface area contributed by atoms with Crippen molar-refractivity contribution in [1.82, 2.24) is 0 Å². The number of carbonyl (C=O) groups is 3. The molecule has 7 heteroatoms. The fourth-order valence-electron chi connectivity index (χ4n) is 4.47. The lowest BCUT2D eigenvalue weighted by Crippen LogP contribution is -2.35. The normalized spacial score (nSPS) is 31.8. The summed E-state index contributed by atoms with van der Waals surface area (Å²) >= 11 is 5.92. The van der Waals surface area contributed by atoms with Crippen molar-refractivity contribution in [2.45, 2.75) is 25.9 Å². The summed E-state index contributed by atoms with van der Waals surface area (Å²) in [5.41, 5.74) is 1.44. The summed E-state index contributed by atoms with van der Waals surface area (Å²) in [6, 6.07) is 5.16. The topological polar surface area (TPSA) is 81.7 Å². The molecule has 0 spiro atoms. The van der Waals surface area contributed by atoms with Gasteiger partial charge >= 0.3 is 11.9 Å². The molecule has 1 aliphatic heterocycles. The first-order valence-corrected chi connectivity index (χ1v) is 8.75. The average Bonchev–Trinajstić information content (AvgIpc) is 3.18. The van der Waals surface area contributed by atoms with Crippen molar-refractivity contribution < 1.29 is 23.9 Å². The zero-order chi connectivity index (χ0) is 17.7. The minimum atomic E-state index is -0.479. The van der Waals surface area contributed by atoms with Crippen LogP contribution < -0.4 is 5.32 Å². The van der Waals surface area contributed by atoms with Gasteiger partial charge in [0.2, 0.25) is 0 Å². The van der Waals surface area contributed by atoms with Gasteiger partial charge in [0.05, 0.1) is 11.8 Å². The molecule has 0 aromatic heterocycles. The number of halogens is 1. The van der Waals surface area contributed by atoms with Gasteiger partial charge in [-0.25, -0.2) is 0 Å². The molecule has 1 saturated heterocycles. The quantitative estimate of drug-likeness (QED) is 0.830. The lowest BCUT2D eigenvalue weighted by molar-refractivity contribution is -0.157. The Kier molecular flexibility index (Phi) is 3.95. The maximum atomic E-state index is 12.4. The second-order valence-corrected chi connectivity index (χ2v) is 7.47. The number of ether oxygens (including phenoxy) is 2. The third kappa shape index (κ3) is 2.78. The van der Waals surface area contributed by atoms with Crippen LogP contribution in [0.4, 0.5) is 5.69 Å². The summed E-state index contributed by atoms with van der Waals surface area (Å²) in [7, 11) is 0. The Morgan fingerprint density at radius 1 is 1.36 bits per heavy atom. The van der Waals surface area contributed by atoms with E-state index in [1.54, 1.807) is 18.2 Å². The van der Waals surface area contributed by atoms with Gasteiger partial charge in [-0.3, -0.25) is 14.4 Å². The lowest BCUT2D eigenvalue weighted by Gasteiger charge is -2.22. The maximum absolute atomic E-state index is 12.4. The molecule has 25 heavy (non-hydrogen) atoms. The Bertz CT molecular complexity index is 762. The van der Waals surface area contributed by atoms with Crippen LogP contribution in [0.25, 0.3) is 0 Å². The Morgan fingerprint density at radius 3 is 2.96 bits per heavy atom. The van der Waals surface area contributed by atoms with E-state index in [1.807, 2.05) is 6.92 Å². The Balaban J connectivity index is 1.35. The van der Waals surface area contributed by atoms with Crippen molar-refractivity contribution in [1.29, 1.82) is 0 Å². The number of hydrogen-bond acceptors (Lipinski definition) is 5. The van der Waals surface area contributed by atoms with E-state index in [-0.39, 0.29) is 30.5 Å². The highest BCUT2D eigenvalue weighted by molar-refractivity contribution is 6.31. The Morgan fingerprint density at radius 2 is 2.16 bits per heavy atom. The number of fused-ring (bicyclic) bond motifs is 1. The number of amides is 1. The molecule has 5 atom stereocenters. The van der Waals surface area contributed by atoms with Crippen molar-refractivity contribution >= 4 is 35.1 Å². The van der Waals surface area contributed by atoms with Crippen LogP contribution in [0.2, 0.25) is 5.02 Å². The van der Waals surface area contributed by atoms with Gasteiger partial charge in [0.15, 0.2) is 6.61 Å². The first kappa shape index (κ1) is 16.4. The maximum Gasteiger partial charge on any atom is 0.310 e. The van der Waals surface area contributed by atoms with E-state index in [1.165, 1.54) is 0 Å². The van der Waals surface area contributed by atoms with Crippen molar-refractivity contribution in [3.8, 4) is 0 Å². The third-order valence-corrected chi connectivity index (χ3v) is 5.81. The van der Waals surface area contributed by atoms with E-state index in [2.05, 4.69) is 5.32 Å². The number of carbonyl (C=O) groups excluding carboxylic acids is 3. The largest absolute Gasteiger partial charge is 0.462 e. The van der Waals surface area contributed by atoms with Crippen LogP contribution in [0.15, 0.2) is 18.2 Å². The molecule has 0 unspecified atom stereocenters. The molecule has 1 N–H and O–H groups in total. The predicted octanol–water partition coefficient (Wildman–Crippen LogP) is 2.33. The summed E-state index contributed by atoms with van der Waals surface area (Å²) in [6.07, 6.45) is 1.52. The predicted molar refractivity (Wildman–Crippen MR) is 88.9 cm³/mol. The number of hydrogen-bond donors (Lipinski definition) is 1. The summed E-state index contributed by atoms with van der Waals surface area (Å²) in [6.45, 7) is 1.46. The molecule has 6 nitrogen and oxygen atoms in total. The molecule has 3 fully saturated rings.